The molecule has 1 atom stereocenters. The number of hydrogen-bond acceptors (Lipinski definition) is 4. The maximum Gasteiger partial charge on any atom is 0.326 e. The average Bonchev–Trinajstić information content (AvgIpc) is 3.29. The maximum atomic E-state index is 13.2. The van der Waals surface area contributed by atoms with Crippen LogP contribution >= 0.6 is 11.6 Å². The summed E-state index contributed by atoms with van der Waals surface area (Å²) in [6.07, 6.45) is 0. The molecule has 1 unspecified atom stereocenters. The van der Waals surface area contributed by atoms with Gasteiger partial charge < -0.3 is 9.84 Å². The number of aromatic nitrogens is 2. The molecule has 1 aliphatic rings. The molecule has 0 fully saturated rings. The summed E-state index contributed by atoms with van der Waals surface area (Å²) in [5.41, 5.74) is 5.02. The molecule has 0 aliphatic carbocycles. The molecule has 2 heterocycles. The van der Waals surface area contributed by atoms with Crippen molar-refractivity contribution < 1.29 is 9.32 Å². The smallest absolute Gasteiger partial charge is 0.326 e. The number of rotatable bonds is 4. The number of urea groups is 1. The molecule has 3 aromatic carbocycles. The van der Waals surface area contributed by atoms with Gasteiger partial charge in [0.1, 0.15) is 0 Å². The summed E-state index contributed by atoms with van der Waals surface area (Å²) < 4.78 is 5.72. The van der Waals surface area contributed by atoms with Crippen LogP contribution in [-0.2, 0) is 0 Å². The largest absolute Gasteiger partial charge is 0.334 e. The van der Waals surface area contributed by atoms with Crippen LogP contribution in [0.3, 0.4) is 0 Å². The van der Waals surface area contributed by atoms with Crippen LogP contribution in [-0.4, -0.2) is 16.2 Å². The van der Waals surface area contributed by atoms with Crippen LogP contribution in [0.15, 0.2) is 89.1 Å². The van der Waals surface area contributed by atoms with Gasteiger partial charge in [0, 0.05) is 16.3 Å². The average molecular weight is 457 g/mol. The molecule has 0 bridgehead atoms. The number of amides is 2. The Labute approximate surface area is 196 Å². The van der Waals surface area contributed by atoms with Crippen LogP contribution in [0.5, 0.6) is 0 Å². The summed E-state index contributed by atoms with van der Waals surface area (Å²) in [6.45, 7) is 3.90. The number of allylic oxidation sites excluding steroid dienone is 1. The molecule has 5 rings (SSSR count). The lowest BCUT2D eigenvalue weighted by Gasteiger charge is -2.35. The molecular formula is C26H21ClN4O2. The molecular weight excluding hydrogens is 436 g/mol. The van der Waals surface area contributed by atoms with Crippen molar-refractivity contribution in [1.82, 2.24) is 15.5 Å². The van der Waals surface area contributed by atoms with E-state index in [9.17, 15) is 4.79 Å². The third kappa shape index (κ3) is 4.01. The fraction of sp³-hybridized carbons (Fsp3) is 0.115. The van der Waals surface area contributed by atoms with E-state index in [-0.39, 0.29) is 6.03 Å². The van der Waals surface area contributed by atoms with Gasteiger partial charge in [0.15, 0.2) is 0 Å². The van der Waals surface area contributed by atoms with E-state index in [4.69, 9.17) is 16.1 Å². The monoisotopic (exact) mass is 456 g/mol. The maximum absolute atomic E-state index is 13.2. The highest BCUT2D eigenvalue weighted by Gasteiger charge is 2.36. The molecule has 1 aliphatic heterocycles. The van der Waals surface area contributed by atoms with E-state index < -0.39 is 6.04 Å². The predicted octanol–water partition coefficient (Wildman–Crippen LogP) is 6.40. The van der Waals surface area contributed by atoms with E-state index in [1.165, 1.54) is 0 Å². The molecule has 33 heavy (non-hydrogen) atoms. The standard InChI is InChI=1S/C26H21ClN4O2/c1-16-7-6-10-21(15-16)31-17(2)22(23(28-26(31)32)18-8-4-3-5-9-18)25-29-24(30-33-25)19-11-13-20(27)14-12-19/h3-15,23H,1-2H3,(H,28,32). The van der Waals surface area contributed by atoms with E-state index in [1.54, 1.807) is 17.0 Å². The topological polar surface area (TPSA) is 71.3 Å². The van der Waals surface area contributed by atoms with Crippen molar-refractivity contribution in [2.24, 2.45) is 0 Å². The molecule has 2 amide bonds. The van der Waals surface area contributed by atoms with E-state index in [1.807, 2.05) is 80.6 Å². The number of benzene rings is 3. The minimum absolute atomic E-state index is 0.215. The van der Waals surface area contributed by atoms with Gasteiger partial charge >= 0.3 is 6.03 Å². The molecule has 1 aromatic heterocycles. The van der Waals surface area contributed by atoms with Crippen molar-refractivity contribution in [2.45, 2.75) is 19.9 Å². The van der Waals surface area contributed by atoms with Gasteiger partial charge in [-0.25, -0.2) is 4.79 Å². The first-order chi connectivity index (χ1) is 16.0. The van der Waals surface area contributed by atoms with Crippen molar-refractivity contribution in [3.05, 3.63) is 107 Å². The van der Waals surface area contributed by atoms with E-state index >= 15 is 0 Å². The number of nitrogens with zero attached hydrogens (tertiary/aromatic N) is 3. The number of aryl methyl sites for hydroxylation is 1. The number of nitrogens with one attached hydrogen (secondary N) is 1. The zero-order chi connectivity index (χ0) is 22.9. The number of hydrogen-bond donors (Lipinski definition) is 1. The normalized spacial score (nSPS) is 16.2. The van der Waals surface area contributed by atoms with Gasteiger partial charge in [0.05, 0.1) is 17.3 Å². The zero-order valence-corrected chi connectivity index (χ0v) is 18.9. The van der Waals surface area contributed by atoms with Crippen molar-refractivity contribution in [3.8, 4) is 11.4 Å². The molecule has 4 aromatic rings. The number of carbonyl (C=O) groups excluding carboxylic acids is 1. The Balaban J connectivity index is 1.65. The van der Waals surface area contributed by atoms with Gasteiger partial charge in [0.2, 0.25) is 5.82 Å². The molecule has 164 valence electrons. The molecule has 0 saturated carbocycles. The van der Waals surface area contributed by atoms with Gasteiger partial charge in [-0.2, -0.15) is 4.98 Å². The third-order valence-corrected chi connectivity index (χ3v) is 5.89. The van der Waals surface area contributed by atoms with Crippen LogP contribution in [0, 0.1) is 6.92 Å². The Hall–Kier alpha value is -3.90. The zero-order valence-electron chi connectivity index (χ0n) is 18.1. The Bertz CT molecular complexity index is 1350. The van der Waals surface area contributed by atoms with Gasteiger partial charge in [-0.3, -0.25) is 4.90 Å². The Morgan fingerprint density at radius 2 is 1.73 bits per heavy atom. The Morgan fingerprint density at radius 3 is 2.45 bits per heavy atom. The van der Waals surface area contributed by atoms with E-state index in [0.717, 1.165) is 33.6 Å². The number of halogens is 1. The first kappa shape index (κ1) is 21.0. The fourth-order valence-electron chi connectivity index (χ4n) is 4.04. The summed E-state index contributed by atoms with van der Waals surface area (Å²) in [5.74, 6) is 0.803. The van der Waals surface area contributed by atoms with Gasteiger partial charge in [0.25, 0.3) is 5.89 Å². The summed E-state index contributed by atoms with van der Waals surface area (Å²) in [7, 11) is 0. The summed E-state index contributed by atoms with van der Waals surface area (Å²) in [6, 6.07) is 24.2. The highest BCUT2D eigenvalue weighted by molar-refractivity contribution is 6.30. The quantitative estimate of drug-likeness (QED) is 0.385. The second kappa shape index (κ2) is 8.56. The van der Waals surface area contributed by atoms with Crippen LogP contribution in [0.4, 0.5) is 10.5 Å². The van der Waals surface area contributed by atoms with Crippen LogP contribution in [0.2, 0.25) is 5.02 Å². The van der Waals surface area contributed by atoms with Crippen molar-refractivity contribution in [2.75, 3.05) is 4.90 Å². The highest BCUT2D eigenvalue weighted by Crippen LogP contribution is 2.39. The first-order valence-electron chi connectivity index (χ1n) is 10.5. The second-order valence-electron chi connectivity index (χ2n) is 7.90. The third-order valence-electron chi connectivity index (χ3n) is 5.64. The first-order valence-corrected chi connectivity index (χ1v) is 10.9. The number of carbonyl (C=O) groups is 1. The molecule has 6 nitrogen and oxygen atoms in total. The van der Waals surface area contributed by atoms with E-state index in [2.05, 4.69) is 15.5 Å². The molecule has 7 heteroatoms. The minimum atomic E-state index is -0.432. The summed E-state index contributed by atoms with van der Waals surface area (Å²) >= 11 is 6.01. The lowest BCUT2D eigenvalue weighted by atomic mass is 9.94. The number of anilines is 1. The predicted molar refractivity (Wildman–Crippen MR) is 129 cm³/mol. The van der Waals surface area contributed by atoms with Crippen molar-refractivity contribution in [1.29, 1.82) is 0 Å². The fourth-order valence-corrected chi connectivity index (χ4v) is 4.17. The van der Waals surface area contributed by atoms with Crippen LogP contribution in [0.25, 0.3) is 17.0 Å². The molecule has 0 radical (unpaired) electrons. The summed E-state index contributed by atoms with van der Waals surface area (Å²) in [4.78, 5) is 19.6. The van der Waals surface area contributed by atoms with Gasteiger partial charge in [-0.15, -0.1) is 0 Å². The molecule has 0 saturated heterocycles. The Kier molecular flexibility index (Phi) is 5.44. The minimum Gasteiger partial charge on any atom is -0.334 e. The lowest BCUT2D eigenvalue weighted by molar-refractivity contribution is 0.244. The van der Waals surface area contributed by atoms with Gasteiger partial charge in [-0.05, 0) is 61.4 Å². The highest BCUT2D eigenvalue weighted by atomic mass is 35.5. The Morgan fingerprint density at radius 1 is 0.970 bits per heavy atom. The van der Waals surface area contributed by atoms with Crippen molar-refractivity contribution in [3.63, 3.8) is 0 Å². The summed E-state index contributed by atoms with van der Waals surface area (Å²) in [5, 5.41) is 7.94. The van der Waals surface area contributed by atoms with E-state index in [0.29, 0.717) is 16.7 Å². The molecule has 0 spiro atoms. The SMILES string of the molecule is CC1=C(c2nc(-c3ccc(Cl)cc3)no2)C(c2ccccc2)NC(=O)N1c1cccc(C)c1. The second-order valence-corrected chi connectivity index (χ2v) is 8.33. The van der Waals surface area contributed by atoms with Crippen molar-refractivity contribution >= 4 is 28.9 Å². The lowest BCUT2D eigenvalue weighted by Crippen LogP contribution is -2.46. The van der Waals surface area contributed by atoms with Crippen LogP contribution in [0.1, 0.15) is 30.0 Å². The van der Waals surface area contributed by atoms with Gasteiger partial charge in [-0.1, -0.05) is 59.2 Å². The van der Waals surface area contributed by atoms with Crippen LogP contribution < -0.4 is 10.2 Å². The molecule has 1 N–H and O–H groups in total.